The minimum atomic E-state index is 0.0301. The quantitative estimate of drug-likeness (QED) is 0.848. The van der Waals surface area contributed by atoms with Crippen LogP contribution in [0, 0.1) is 5.92 Å². The second-order valence-electron chi connectivity index (χ2n) is 6.11. The lowest BCUT2D eigenvalue weighted by Gasteiger charge is -2.22. The highest BCUT2D eigenvalue weighted by Gasteiger charge is 2.31. The summed E-state index contributed by atoms with van der Waals surface area (Å²) in [6.07, 6.45) is 0. The van der Waals surface area contributed by atoms with E-state index < -0.39 is 0 Å². The molecule has 1 amide bonds. The number of hydrogen-bond acceptors (Lipinski definition) is 4. The number of likely N-dealkylation sites (tertiary alicyclic amines) is 1. The molecule has 2 unspecified atom stereocenters. The summed E-state index contributed by atoms with van der Waals surface area (Å²) in [5, 5.41) is 2.97. The molecule has 3 N–H and O–H groups in total. The van der Waals surface area contributed by atoms with Crippen molar-refractivity contribution in [2.75, 3.05) is 39.0 Å². The lowest BCUT2D eigenvalue weighted by Crippen LogP contribution is -2.36. The monoisotopic (exact) mass is 290 g/mol. The first kappa shape index (κ1) is 15.9. The second kappa shape index (κ2) is 7.02. The van der Waals surface area contributed by atoms with Crippen molar-refractivity contribution in [3.05, 3.63) is 29.8 Å². The van der Waals surface area contributed by atoms with Crippen molar-refractivity contribution in [1.29, 1.82) is 0 Å². The maximum Gasteiger partial charge on any atom is 0.238 e. The van der Waals surface area contributed by atoms with E-state index in [4.69, 9.17) is 5.73 Å². The van der Waals surface area contributed by atoms with Gasteiger partial charge in [-0.25, -0.2) is 0 Å². The van der Waals surface area contributed by atoms with E-state index in [-0.39, 0.29) is 5.91 Å². The van der Waals surface area contributed by atoms with Gasteiger partial charge in [0.05, 0.1) is 6.54 Å². The molecule has 1 fully saturated rings. The van der Waals surface area contributed by atoms with Crippen LogP contribution in [0.5, 0.6) is 0 Å². The number of nitrogens with zero attached hydrogens (tertiary/aromatic N) is 2. The standard InChI is InChI=1S/C16H26N4O/c1-12-9-20(10-15(12)19(2)3)11-16(21)18-14-7-5-4-6-13(14)8-17/h4-7,12,15H,8-11,17H2,1-3H3,(H,18,21). The molecule has 1 aromatic rings. The van der Waals surface area contributed by atoms with E-state index in [1.807, 2.05) is 24.3 Å². The van der Waals surface area contributed by atoms with E-state index in [9.17, 15) is 4.79 Å². The van der Waals surface area contributed by atoms with E-state index >= 15 is 0 Å². The van der Waals surface area contributed by atoms with Crippen LogP contribution in [-0.4, -0.2) is 55.5 Å². The molecular formula is C16H26N4O. The molecule has 116 valence electrons. The van der Waals surface area contributed by atoms with Crippen molar-refractivity contribution in [2.24, 2.45) is 11.7 Å². The van der Waals surface area contributed by atoms with Crippen molar-refractivity contribution in [2.45, 2.75) is 19.5 Å². The molecule has 1 aliphatic heterocycles. The number of anilines is 1. The number of amides is 1. The molecule has 21 heavy (non-hydrogen) atoms. The number of likely N-dealkylation sites (N-methyl/N-ethyl adjacent to an activating group) is 1. The largest absolute Gasteiger partial charge is 0.326 e. The summed E-state index contributed by atoms with van der Waals surface area (Å²) in [6, 6.07) is 8.20. The average molecular weight is 290 g/mol. The predicted molar refractivity (Wildman–Crippen MR) is 86.0 cm³/mol. The van der Waals surface area contributed by atoms with Gasteiger partial charge in [0, 0.05) is 31.4 Å². The molecule has 2 rings (SSSR count). The van der Waals surface area contributed by atoms with Crippen LogP contribution in [0.4, 0.5) is 5.69 Å². The van der Waals surface area contributed by atoms with E-state index in [0.717, 1.165) is 24.3 Å². The number of para-hydroxylation sites is 1. The maximum absolute atomic E-state index is 12.2. The summed E-state index contributed by atoms with van der Waals surface area (Å²) in [4.78, 5) is 16.7. The lowest BCUT2D eigenvalue weighted by atomic mass is 10.1. The number of rotatable bonds is 5. The topological polar surface area (TPSA) is 61.6 Å². The van der Waals surface area contributed by atoms with Crippen LogP contribution in [0.1, 0.15) is 12.5 Å². The summed E-state index contributed by atoms with van der Waals surface area (Å²) in [5.41, 5.74) is 7.48. The van der Waals surface area contributed by atoms with Crippen LogP contribution in [-0.2, 0) is 11.3 Å². The number of hydrogen-bond donors (Lipinski definition) is 2. The fraction of sp³-hybridized carbons (Fsp3) is 0.562. The summed E-state index contributed by atoms with van der Waals surface area (Å²) in [5.74, 6) is 0.617. The molecule has 5 heteroatoms. The van der Waals surface area contributed by atoms with E-state index in [0.29, 0.717) is 25.0 Å². The van der Waals surface area contributed by atoms with Gasteiger partial charge in [-0.3, -0.25) is 9.69 Å². The van der Waals surface area contributed by atoms with Gasteiger partial charge in [-0.2, -0.15) is 0 Å². The molecule has 5 nitrogen and oxygen atoms in total. The average Bonchev–Trinajstić information content (AvgIpc) is 2.80. The SMILES string of the molecule is CC1CN(CC(=O)Nc2ccccc2CN)CC1N(C)C. The normalized spacial score (nSPS) is 22.7. The molecule has 0 saturated carbocycles. The number of benzene rings is 1. The van der Waals surface area contributed by atoms with Crippen molar-refractivity contribution >= 4 is 11.6 Å². The van der Waals surface area contributed by atoms with Crippen molar-refractivity contribution in [3.63, 3.8) is 0 Å². The van der Waals surface area contributed by atoms with Crippen LogP contribution in [0.15, 0.2) is 24.3 Å². The fourth-order valence-corrected chi connectivity index (χ4v) is 3.06. The molecule has 2 atom stereocenters. The van der Waals surface area contributed by atoms with Gasteiger partial charge in [-0.15, -0.1) is 0 Å². The van der Waals surface area contributed by atoms with Gasteiger partial charge >= 0.3 is 0 Å². The van der Waals surface area contributed by atoms with E-state index in [2.05, 4.69) is 36.1 Å². The van der Waals surface area contributed by atoms with Gasteiger partial charge in [0.25, 0.3) is 0 Å². The van der Waals surface area contributed by atoms with Crippen molar-refractivity contribution < 1.29 is 4.79 Å². The Bertz CT molecular complexity index is 489. The van der Waals surface area contributed by atoms with Crippen LogP contribution in [0.25, 0.3) is 0 Å². The fourth-order valence-electron chi connectivity index (χ4n) is 3.06. The molecule has 0 bridgehead atoms. The number of carbonyl (C=O) groups is 1. The number of nitrogens with one attached hydrogen (secondary N) is 1. The Morgan fingerprint density at radius 2 is 2.10 bits per heavy atom. The van der Waals surface area contributed by atoms with Gasteiger partial charge in [0.2, 0.25) is 5.91 Å². The minimum absolute atomic E-state index is 0.0301. The van der Waals surface area contributed by atoms with Gasteiger partial charge in [-0.1, -0.05) is 25.1 Å². The highest BCUT2D eigenvalue weighted by molar-refractivity contribution is 5.93. The van der Waals surface area contributed by atoms with Crippen LogP contribution in [0.3, 0.4) is 0 Å². The molecule has 0 aromatic heterocycles. The highest BCUT2D eigenvalue weighted by Crippen LogP contribution is 2.20. The summed E-state index contributed by atoms with van der Waals surface area (Å²) in [6.45, 7) is 5.02. The van der Waals surface area contributed by atoms with Crippen LogP contribution in [0.2, 0.25) is 0 Å². The van der Waals surface area contributed by atoms with E-state index in [1.165, 1.54) is 0 Å². The van der Waals surface area contributed by atoms with Gasteiger partial charge < -0.3 is 16.0 Å². The van der Waals surface area contributed by atoms with E-state index in [1.54, 1.807) is 0 Å². The zero-order valence-corrected chi connectivity index (χ0v) is 13.2. The van der Waals surface area contributed by atoms with Crippen LogP contribution >= 0.6 is 0 Å². The lowest BCUT2D eigenvalue weighted by molar-refractivity contribution is -0.117. The Hall–Kier alpha value is -1.43. The summed E-state index contributed by atoms with van der Waals surface area (Å²) in [7, 11) is 4.20. The Balaban J connectivity index is 1.91. The molecule has 0 aliphatic carbocycles. The van der Waals surface area contributed by atoms with Crippen LogP contribution < -0.4 is 11.1 Å². The third kappa shape index (κ3) is 4.03. The third-order valence-electron chi connectivity index (χ3n) is 4.19. The molecule has 1 heterocycles. The Kier molecular flexibility index (Phi) is 5.33. The molecule has 1 saturated heterocycles. The zero-order valence-electron chi connectivity index (χ0n) is 13.2. The van der Waals surface area contributed by atoms with Crippen molar-refractivity contribution in [1.82, 2.24) is 9.80 Å². The molecule has 1 aromatic carbocycles. The highest BCUT2D eigenvalue weighted by atomic mass is 16.2. The first-order valence-corrected chi connectivity index (χ1v) is 7.48. The minimum Gasteiger partial charge on any atom is -0.326 e. The maximum atomic E-state index is 12.2. The second-order valence-corrected chi connectivity index (χ2v) is 6.11. The van der Waals surface area contributed by atoms with Gasteiger partial charge in [0.1, 0.15) is 0 Å². The van der Waals surface area contributed by atoms with Gasteiger partial charge in [0.15, 0.2) is 0 Å². The Morgan fingerprint density at radius 3 is 2.71 bits per heavy atom. The zero-order chi connectivity index (χ0) is 15.4. The smallest absolute Gasteiger partial charge is 0.238 e. The molecule has 1 aliphatic rings. The third-order valence-corrected chi connectivity index (χ3v) is 4.19. The molecule has 0 radical (unpaired) electrons. The molecule has 0 spiro atoms. The number of nitrogens with two attached hydrogens (primary N) is 1. The first-order chi connectivity index (χ1) is 10.0. The number of carbonyl (C=O) groups excluding carboxylic acids is 1. The predicted octanol–water partition coefficient (Wildman–Crippen LogP) is 0.966. The van der Waals surface area contributed by atoms with Crippen molar-refractivity contribution in [3.8, 4) is 0 Å². The Morgan fingerprint density at radius 1 is 1.38 bits per heavy atom. The summed E-state index contributed by atoms with van der Waals surface area (Å²) < 4.78 is 0. The van der Waals surface area contributed by atoms with Gasteiger partial charge in [-0.05, 0) is 31.6 Å². The Labute approximate surface area is 127 Å². The summed E-state index contributed by atoms with van der Waals surface area (Å²) >= 11 is 0. The first-order valence-electron chi connectivity index (χ1n) is 7.48. The molecular weight excluding hydrogens is 264 g/mol.